The van der Waals surface area contributed by atoms with Gasteiger partial charge in [-0.15, -0.1) is 0 Å². The van der Waals surface area contributed by atoms with Crippen LogP contribution < -0.4 is 4.74 Å². The Bertz CT molecular complexity index is 430. The summed E-state index contributed by atoms with van der Waals surface area (Å²) < 4.78 is 5.82. The molecule has 0 spiro atoms. The van der Waals surface area contributed by atoms with Gasteiger partial charge in [-0.1, -0.05) is 17.7 Å². The second kappa shape index (κ2) is 6.34. The SMILES string of the molecule is O=C(O)CCc1ccc(OC2CCSC2)c(Cl)c1. The fraction of sp³-hybridized carbons (Fsp3) is 0.462. The third-order valence-electron chi connectivity index (χ3n) is 2.81. The first-order valence-electron chi connectivity index (χ1n) is 5.90. The Morgan fingerprint density at radius 2 is 2.39 bits per heavy atom. The topological polar surface area (TPSA) is 46.5 Å². The van der Waals surface area contributed by atoms with Gasteiger partial charge in [-0.05, 0) is 36.3 Å². The van der Waals surface area contributed by atoms with Crippen molar-refractivity contribution in [2.75, 3.05) is 11.5 Å². The number of aliphatic carboxylic acids is 1. The molecule has 0 radical (unpaired) electrons. The van der Waals surface area contributed by atoms with E-state index in [-0.39, 0.29) is 12.5 Å². The maximum absolute atomic E-state index is 10.5. The van der Waals surface area contributed by atoms with E-state index in [4.69, 9.17) is 21.4 Å². The van der Waals surface area contributed by atoms with E-state index >= 15 is 0 Å². The van der Waals surface area contributed by atoms with Crippen LogP contribution in [0.3, 0.4) is 0 Å². The Kier molecular flexibility index (Phi) is 4.78. The average molecular weight is 287 g/mol. The smallest absolute Gasteiger partial charge is 0.303 e. The van der Waals surface area contributed by atoms with Crippen molar-refractivity contribution in [3.8, 4) is 5.75 Å². The van der Waals surface area contributed by atoms with E-state index in [9.17, 15) is 4.79 Å². The molecule has 1 aliphatic heterocycles. The molecular formula is C13H15ClO3S. The summed E-state index contributed by atoms with van der Waals surface area (Å²) in [5, 5.41) is 9.19. The summed E-state index contributed by atoms with van der Waals surface area (Å²) in [4.78, 5) is 10.5. The van der Waals surface area contributed by atoms with E-state index < -0.39 is 5.97 Å². The zero-order valence-electron chi connectivity index (χ0n) is 9.89. The Morgan fingerprint density at radius 1 is 1.56 bits per heavy atom. The summed E-state index contributed by atoms with van der Waals surface area (Å²) in [7, 11) is 0. The van der Waals surface area contributed by atoms with Crippen LogP contribution in [0.4, 0.5) is 0 Å². The molecule has 1 aromatic carbocycles. The highest BCUT2D eigenvalue weighted by molar-refractivity contribution is 7.99. The van der Waals surface area contributed by atoms with Gasteiger partial charge in [0.05, 0.1) is 5.02 Å². The minimum absolute atomic E-state index is 0.121. The molecule has 1 saturated heterocycles. The van der Waals surface area contributed by atoms with E-state index in [1.807, 2.05) is 23.9 Å². The molecule has 0 amide bonds. The zero-order valence-corrected chi connectivity index (χ0v) is 11.5. The van der Waals surface area contributed by atoms with Gasteiger partial charge in [0.1, 0.15) is 11.9 Å². The second-order valence-electron chi connectivity index (χ2n) is 4.26. The van der Waals surface area contributed by atoms with Gasteiger partial charge in [0.15, 0.2) is 0 Å². The number of halogens is 1. The molecule has 1 aliphatic rings. The number of rotatable bonds is 5. The first-order chi connectivity index (χ1) is 8.65. The lowest BCUT2D eigenvalue weighted by molar-refractivity contribution is -0.136. The fourth-order valence-corrected chi connectivity index (χ4v) is 3.17. The van der Waals surface area contributed by atoms with E-state index in [0.717, 1.165) is 23.5 Å². The van der Waals surface area contributed by atoms with Crippen molar-refractivity contribution in [3.05, 3.63) is 28.8 Å². The molecule has 1 fully saturated rings. The van der Waals surface area contributed by atoms with Crippen LogP contribution in [0, 0.1) is 0 Å². The number of benzene rings is 1. The molecule has 0 bridgehead atoms. The standard InChI is InChI=1S/C13H15ClO3S/c14-11-7-9(2-4-13(15)16)1-3-12(11)17-10-5-6-18-8-10/h1,3,7,10H,2,4-6,8H2,(H,15,16). The van der Waals surface area contributed by atoms with Crippen LogP contribution in [0.2, 0.25) is 5.02 Å². The Balaban J connectivity index is 1.97. The fourth-order valence-electron chi connectivity index (χ4n) is 1.83. The monoisotopic (exact) mass is 286 g/mol. The molecule has 1 unspecified atom stereocenters. The number of carboxylic acids is 1. The number of aryl methyl sites for hydroxylation is 1. The van der Waals surface area contributed by atoms with Gasteiger partial charge in [-0.2, -0.15) is 11.8 Å². The molecule has 98 valence electrons. The van der Waals surface area contributed by atoms with E-state index in [2.05, 4.69) is 0 Å². The minimum Gasteiger partial charge on any atom is -0.488 e. The lowest BCUT2D eigenvalue weighted by Crippen LogP contribution is -2.15. The van der Waals surface area contributed by atoms with Gasteiger partial charge >= 0.3 is 5.97 Å². The average Bonchev–Trinajstić information content (AvgIpc) is 2.82. The molecule has 18 heavy (non-hydrogen) atoms. The zero-order chi connectivity index (χ0) is 13.0. The molecule has 3 nitrogen and oxygen atoms in total. The third-order valence-corrected chi connectivity index (χ3v) is 4.23. The third kappa shape index (κ3) is 3.82. The predicted octanol–water partition coefficient (Wildman–Crippen LogP) is 3.24. The van der Waals surface area contributed by atoms with Crippen molar-refractivity contribution < 1.29 is 14.6 Å². The minimum atomic E-state index is -0.797. The highest BCUT2D eigenvalue weighted by atomic mass is 35.5. The summed E-state index contributed by atoms with van der Waals surface area (Å²) in [6, 6.07) is 5.51. The van der Waals surface area contributed by atoms with Gasteiger partial charge in [-0.3, -0.25) is 4.79 Å². The van der Waals surface area contributed by atoms with Gasteiger partial charge < -0.3 is 9.84 Å². The van der Waals surface area contributed by atoms with Gasteiger partial charge in [0.25, 0.3) is 0 Å². The number of thioether (sulfide) groups is 1. The molecule has 2 rings (SSSR count). The first-order valence-corrected chi connectivity index (χ1v) is 7.43. The van der Waals surface area contributed by atoms with Crippen molar-refractivity contribution in [2.24, 2.45) is 0 Å². The lowest BCUT2D eigenvalue weighted by atomic mass is 10.1. The van der Waals surface area contributed by atoms with Crippen molar-refractivity contribution in [1.29, 1.82) is 0 Å². The van der Waals surface area contributed by atoms with Crippen molar-refractivity contribution in [1.82, 2.24) is 0 Å². The molecule has 1 atom stereocenters. The van der Waals surface area contributed by atoms with Crippen molar-refractivity contribution in [3.63, 3.8) is 0 Å². The predicted molar refractivity (Wildman–Crippen MR) is 73.8 cm³/mol. The highest BCUT2D eigenvalue weighted by Gasteiger charge is 2.18. The molecule has 0 saturated carbocycles. The maximum Gasteiger partial charge on any atom is 0.303 e. The van der Waals surface area contributed by atoms with Crippen LogP contribution in [0.15, 0.2) is 18.2 Å². The summed E-state index contributed by atoms with van der Waals surface area (Å²) in [5.41, 5.74) is 0.926. The number of ether oxygens (including phenoxy) is 1. The molecule has 1 aromatic rings. The Morgan fingerprint density at radius 3 is 3.00 bits per heavy atom. The van der Waals surface area contributed by atoms with E-state index in [1.54, 1.807) is 6.07 Å². The molecule has 1 N–H and O–H groups in total. The first kappa shape index (κ1) is 13.6. The maximum atomic E-state index is 10.5. The number of hydrogen-bond acceptors (Lipinski definition) is 3. The van der Waals surface area contributed by atoms with E-state index in [1.165, 1.54) is 0 Å². The van der Waals surface area contributed by atoms with Crippen LogP contribution in [-0.4, -0.2) is 28.7 Å². The molecule has 5 heteroatoms. The van der Waals surface area contributed by atoms with Crippen LogP contribution in [0.1, 0.15) is 18.4 Å². The van der Waals surface area contributed by atoms with Crippen molar-refractivity contribution >= 4 is 29.3 Å². The normalized spacial score (nSPS) is 18.8. The summed E-state index contributed by atoms with van der Waals surface area (Å²) in [5.74, 6) is 2.05. The van der Waals surface area contributed by atoms with E-state index in [0.29, 0.717) is 17.2 Å². The Labute approximate surface area is 115 Å². The second-order valence-corrected chi connectivity index (χ2v) is 5.82. The van der Waals surface area contributed by atoms with Gasteiger partial charge in [0, 0.05) is 12.2 Å². The quantitative estimate of drug-likeness (QED) is 0.903. The highest BCUT2D eigenvalue weighted by Crippen LogP contribution is 2.30. The summed E-state index contributed by atoms with van der Waals surface area (Å²) in [6.45, 7) is 0. The van der Waals surface area contributed by atoms with Crippen LogP contribution in [0.25, 0.3) is 0 Å². The number of hydrogen-bond donors (Lipinski definition) is 1. The lowest BCUT2D eigenvalue weighted by Gasteiger charge is -2.14. The van der Waals surface area contributed by atoms with Gasteiger partial charge in [0.2, 0.25) is 0 Å². The summed E-state index contributed by atoms with van der Waals surface area (Å²) >= 11 is 8.03. The largest absolute Gasteiger partial charge is 0.488 e. The molecule has 1 heterocycles. The van der Waals surface area contributed by atoms with Gasteiger partial charge in [-0.25, -0.2) is 0 Å². The van der Waals surface area contributed by atoms with Crippen LogP contribution >= 0.6 is 23.4 Å². The number of carboxylic acid groups (broad SMARTS) is 1. The molecule has 0 aliphatic carbocycles. The number of carbonyl (C=O) groups is 1. The summed E-state index contributed by atoms with van der Waals surface area (Å²) in [6.07, 6.45) is 1.92. The Hall–Kier alpha value is -0.870. The van der Waals surface area contributed by atoms with Crippen LogP contribution in [-0.2, 0) is 11.2 Å². The molecular weight excluding hydrogens is 272 g/mol. The van der Waals surface area contributed by atoms with Crippen LogP contribution in [0.5, 0.6) is 5.75 Å². The molecule has 0 aromatic heterocycles. The van der Waals surface area contributed by atoms with Crippen molar-refractivity contribution in [2.45, 2.75) is 25.4 Å².